The third-order valence-electron chi connectivity index (χ3n) is 4.98. The summed E-state index contributed by atoms with van der Waals surface area (Å²) in [6.07, 6.45) is 0.826. The second kappa shape index (κ2) is 9.78. The zero-order valence-corrected chi connectivity index (χ0v) is 17.9. The summed E-state index contributed by atoms with van der Waals surface area (Å²) < 4.78 is 0. The predicted molar refractivity (Wildman–Crippen MR) is 119 cm³/mol. The topological polar surface area (TPSA) is 85.4 Å². The van der Waals surface area contributed by atoms with Crippen LogP contribution in [-0.2, 0) is 0 Å². The molecule has 7 heteroatoms. The van der Waals surface area contributed by atoms with Crippen LogP contribution in [0.25, 0.3) is 10.9 Å². The van der Waals surface area contributed by atoms with Crippen LogP contribution in [0.3, 0.4) is 0 Å². The molecule has 3 N–H and O–H groups in total. The first kappa shape index (κ1) is 21.9. The molecule has 0 radical (unpaired) electrons. The van der Waals surface area contributed by atoms with Gasteiger partial charge in [-0.05, 0) is 55.3 Å². The average Bonchev–Trinajstić information content (AvgIpc) is 3.16. The highest BCUT2D eigenvalue weighted by atomic mass is 35.5. The van der Waals surface area contributed by atoms with Gasteiger partial charge in [0.1, 0.15) is 5.69 Å². The number of nitrogens with one attached hydrogen (secondary N) is 2. The van der Waals surface area contributed by atoms with Crippen molar-refractivity contribution in [3.63, 3.8) is 0 Å². The number of nitrogens with zero attached hydrogens (tertiary/aromatic N) is 1. The number of carbonyl (C=O) groups is 2. The van der Waals surface area contributed by atoms with Crippen LogP contribution in [0.1, 0.15) is 52.7 Å². The molecule has 2 amide bonds. The van der Waals surface area contributed by atoms with Crippen molar-refractivity contribution < 1.29 is 14.7 Å². The Kier molecular flexibility index (Phi) is 7.13. The fraction of sp³-hybridized carbons (Fsp3) is 0.304. The zero-order chi connectivity index (χ0) is 21.7. The SMILES string of the molecule is CCCN(CCO)C(=O)c1ccc(C(C)NC(=O)c2cc3cc(Cl)ccc3[nH]2)cc1. The Morgan fingerprint density at radius 1 is 1.13 bits per heavy atom. The Bertz CT molecular complexity index is 1020. The number of H-pyrrole nitrogens is 1. The molecule has 158 valence electrons. The van der Waals surface area contributed by atoms with E-state index in [2.05, 4.69) is 10.3 Å². The molecule has 0 fully saturated rings. The van der Waals surface area contributed by atoms with Crippen molar-refractivity contribution in [1.29, 1.82) is 0 Å². The molecule has 3 rings (SSSR count). The number of hydrogen-bond acceptors (Lipinski definition) is 3. The summed E-state index contributed by atoms with van der Waals surface area (Å²) in [5.41, 5.74) is 2.76. The van der Waals surface area contributed by atoms with Gasteiger partial charge in [-0.2, -0.15) is 0 Å². The summed E-state index contributed by atoms with van der Waals surface area (Å²) in [5.74, 6) is -0.321. The second-order valence-electron chi connectivity index (χ2n) is 7.25. The van der Waals surface area contributed by atoms with Gasteiger partial charge < -0.3 is 20.3 Å². The zero-order valence-electron chi connectivity index (χ0n) is 17.1. The van der Waals surface area contributed by atoms with Crippen LogP contribution in [0.5, 0.6) is 0 Å². The Labute approximate surface area is 180 Å². The van der Waals surface area contributed by atoms with E-state index in [-0.39, 0.29) is 24.5 Å². The van der Waals surface area contributed by atoms with Crippen LogP contribution in [0, 0.1) is 0 Å². The standard InChI is InChI=1S/C23H26ClN3O3/c1-3-10-27(11-12-28)23(30)17-6-4-16(5-7-17)15(2)25-22(29)21-14-18-13-19(24)8-9-20(18)26-21/h4-9,13-15,26,28H,3,10-12H2,1-2H3,(H,25,29). The number of aromatic amines is 1. The molecule has 1 unspecified atom stereocenters. The Morgan fingerprint density at radius 2 is 1.87 bits per heavy atom. The first-order valence-electron chi connectivity index (χ1n) is 10.0. The van der Waals surface area contributed by atoms with Gasteiger partial charge in [0.2, 0.25) is 0 Å². The summed E-state index contributed by atoms with van der Waals surface area (Å²) in [4.78, 5) is 30.0. The lowest BCUT2D eigenvalue weighted by molar-refractivity contribution is 0.0721. The summed E-state index contributed by atoms with van der Waals surface area (Å²) in [7, 11) is 0. The van der Waals surface area contributed by atoms with Crippen LogP contribution in [0.15, 0.2) is 48.5 Å². The number of aliphatic hydroxyl groups is 1. The van der Waals surface area contributed by atoms with E-state index in [0.29, 0.717) is 29.4 Å². The number of hydrogen-bond donors (Lipinski definition) is 3. The molecule has 1 atom stereocenters. The maximum atomic E-state index is 12.6. The molecule has 0 aliphatic rings. The highest BCUT2D eigenvalue weighted by Crippen LogP contribution is 2.21. The van der Waals surface area contributed by atoms with Crippen molar-refractivity contribution in [2.75, 3.05) is 19.7 Å². The van der Waals surface area contributed by atoms with Gasteiger partial charge in [0, 0.05) is 34.6 Å². The van der Waals surface area contributed by atoms with Gasteiger partial charge in [0.15, 0.2) is 0 Å². The molecule has 0 saturated carbocycles. The lowest BCUT2D eigenvalue weighted by Gasteiger charge is -2.21. The first-order chi connectivity index (χ1) is 14.4. The van der Waals surface area contributed by atoms with Crippen molar-refractivity contribution in [3.05, 3.63) is 70.4 Å². The number of fused-ring (bicyclic) bond motifs is 1. The number of benzene rings is 2. The van der Waals surface area contributed by atoms with Gasteiger partial charge in [0.05, 0.1) is 12.6 Å². The number of aromatic nitrogens is 1. The third-order valence-corrected chi connectivity index (χ3v) is 5.22. The molecule has 0 aliphatic heterocycles. The second-order valence-corrected chi connectivity index (χ2v) is 7.68. The molecule has 3 aromatic rings. The number of aliphatic hydroxyl groups excluding tert-OH is 1. The smallest absolute Gasteiger partial charge is 0.268 e. The van der Waals surface area contributed by atoms with Gasteiger partial charge in [-0.25, -0.2) is 0 Å². The van der Waals surface area contributed by atoms with E-state index in [1.807, 2.05) is 38.1 Å². The highest BCUT2D eigenvalue weighted by molar-refractivity contribution is 6.31. The number of carbonyl (C=O) groups excluding carboxylic acids is 2. The molecule has 1 heterocycles. The molecule has 0 spiro atoms. The molecule has 1 aromatic heterocycles. The maximum Gasteiger partial charge on any atom is 0.268 e. The van der Waals surface area contributed by atoms with Crippen molar-refractivity contribution in [2.45, 2.75) is 26.3 Å². The predicted octanol–water partition coefficient (Wildman–Crippen LogP) is 4.16. The fourth-order valence-electron chi connectivity index (χ4n) is 3.39. The summed E-state index contributed by atoms with van der Waals surface area (Å²) in [6, 6.07) is 14.1. The molecule has 0 aliphatic carbocycles. The summed E-state index contributed by atoms with van der Waals surface area (Å²) in [5, 5.41) is 13.6. The van der Waals surface area contributed by atoms with Gasteiger partial charge in [0.25, 0.3) is 11.8 Å². The fourth-order valence-corrected chi connectivity index (χ4v) is 3.57. The van der Waals surface area contributed by atoms with Crippen LogP contribution < -0.4 is 5.32 Å². The Hall–Kier alpha value is -2.83. The minimum absolute atomic E-state index is 0.0626. The first-order valence-corrected chi connectivity index (χ1v) is 10.4. The minimum atomic E-state index is -0.235. The van der Waals surface area contributed by atoms with E-state index in [9.17, 15) is 14.7 Å². The van der Waals surface area contributed by atoms with Crippen molar-refractivity contribution in [1.82, 2.24) is 15.2 Å². The molecule has 0 saturated heterocycles. The van der Waals surface area contributed by atoms with Crippen LogP contribution in [0.4, 0.5) is 0 Å². The minimum Gasteiger partial charge on any atom is -0.395 e. The van der Waals surface area contributed by atoms with Gasteiger partial charge in [-0.15, -0.1) is 0 Å². The summed E-state index contributed by atoms with van der Waals surface area (Å²) in [6.45, 7) is 4.74. The normalized spacial score (nSPS) is 12.0. The van der Waals surface area contributed by atoms with Crippen molar-refractivity contribution >= 4 is 34.3 Å². The van der Waals surface area contributed by atoms with E-state index >= 15 is 0 Å². The summed E-state index contributed by atoms with van der Waals surface area (Å²) >= 11 is 6.01. The van der Waals surface area contributed by atoms with E-state index < -0.39 is 0 Å². The van der Waals surface area contributed by atoms with E-state index in [4.69, 9.17) is 11.6 Å². The Morgan fingerprint density at radius 3 is 2.53 bits per heavy atom. The largest absolute Gasteiger partial charge is 0.395 e. The van der Waals surface area contributed by atoms with Crippen molar-refractivity contribution in [3.8, 4) is 0 Å². The molecular weight excluding hydrogens is 402 g/mol. The number of rotatable bonds is 8. The number of amides is 2. The van der Waals surface area contributed by atoms with Crippen LogP contribution in [-0.4, -0.2) is 46.5 Å². The molecule has 6 nitrogen and oxygen atoms in total. The lowest BCUT2D eigenvalue weighted by Crippen LogP contribution is -2.34. The van der Waals surface area contributed by atoms with Gasteiger partial charge >= 0.3 is 0 Å². The maximum absolute atomic E-state index is 12.6. The Balaban J connectivity index is 1.68. The van der Waals surface area contributed by atoms with Gasteiger partial charge in [-0.1, -0.05) is 30.7 Å². The molecule has 2 aromatic carbocycles. The van der Waals surface area contributed by atoms with E-state index in [0.717, 1.165) is 22.9 Å². The lowest BCUT2D eigenvalue weighted by atomic mass is 10.1. The third kappa shape index (κ3) is 5.01. The van der Waals surface area contributed by atoms with Gasteiger partial charge in [-0.3, -0.25) is 9.59 Å². The van der Waals surface area contributed by atoms with E-state index in [1.54, 1.807) is 29.2 Å². The average molecular weight is 428 g/mol. The highest BCUT2D eigenvalue weighted by Gasteiger charge is 2.17. The monoisotopic (exact) mass is 427 g/mol. The van der Waals surface area contributed by atoms with Crippen LogP contribution in [0.2, 0.25) is 5.02 Å². The quantitative estimate of drug-likeness (QED) is 0.504. The molecule has 30 heavy (non-hydrogen) atoms. The molecular formula is C23H26ClN3O3. The molecule has 0 bridgehead atoms. The van der Waals surface area contributed by atoms with E-state index in [1.165, 1.54) is 0 Å². The van der Waals surface area contributed by atoms with Crippen molar-refractivity contribution in [2.24, 2.45) is 0 Å². The number of halogens is 1. The van der Waals surface area contributed by atoms with Crippen LogP contribution >= 0.6 is 11.6 Å².